The first-order valence-electron chi connectivity index (χ1n) is 8.91. The first-order valence-corrected chi connectivity index (χ1v) is 8.91. The highest BCUT2D eigenvalue weighted by Crippen LogP contribution is 2.22. The van der Waals surface area contributed by atoms with Gasteiger partial charge in [0, 0.05) is 19.5 Å². The smallest absolute Gasteiger partial charge is 0.322 e. The Bertz CT molecular complexity index is 893. The molecule has 2 N–H and O–H groups in total. The Balaban J connectivity index is 1.68. The lowest BCUT2D eigenvalue weighted by Crippen LogP contribution is -2.52. The third kappa shape index (κ3) is 4.43. The van der Waals surface area contributed by atoms with Crippen LogP contribution in [0.3, 0.4) is 0 Å². The SMILES string of the molecule is O=C(O)CNC(=O)C1C(=O)CCN(Cc2ccc(-c3ccccc3)cc2)C1=O. The van der Waals surface area contributed by atoms with Gasteiger partial charge >= 0.3 is 5.97 Å². The third-order valence-electron chi connectivity index (χ3n) is 4.62. The number of piperidine rings is 1. The fourth-order valence-electron chi connectivity index (χ4n) is 3.15. The van der Waals surface area contributed by atoms with Crippen LogP contribution in [-0.4, -0.2) is 46.7 Å². The monoisotopic (exact) mass is 380 g/mol. The highest BCUT2D eigenvalue weighted by Gasteiger charge is 2.40. The number of rotatable bonds is 6. The minimum absolute atomic E-state index is 0.0684. The Hall–Kier alpha value is -3.48. The number of carboxylic acids is 1. The van der Waals surface area contributed by atoms with E-state index in [1.54, 1.807) is 0 Å². The van der Waals surface area contributed by atoms with Crippen LogP contribution in [0, 0.1) is 5.92 Å². The number of hydrogen-bond donors (Lipinski definition) is 2. The molecule has 1 unspecified atom stereocenters. The summed E-state index contributed by atoms with van der Waals surface area (Å²) in [5.74, 6) is -4.65. The largest absolute Gasteiger partial charge is 0.480 e. The molecule has 1 aliphatic heterocycles. The maximum Gasteiger partial charge on any atom is 0.322 e. The van der Waals surface area contributed by atoms with Gasteiger partial charge in [-0.3, -0.25) is 19.2 Å². The standard InChI is InChI=1S/C21H20N2O5/c24-17-10-11-23(21(28)19(17)20(27)22-12-18(25)26)13-14-6-8-16(9-7-14)15-4-2-1-3-5-15/h1-9,19H,10-13H2,(H,22,27)(H,25,26). The molecule has 3 rings (SSSR count). The van der Waals surface area contributed by atoms with Crippen LogP contribution in [0.15, 0.2) is 54.6 Å². The van der Waals surface area contributed by atoms with Crippen molar-refractivity contribution in [1.82, 2.24) is 10.2 Å². The summed E-state index contributed by atoms with van der Waals surface area (Å²) in [4.78, 5) is 48.8. The highest BCUT2D eigenvalue weighted by molar-refractivity contribution is 6.19. The summed E-state index contributed by atoms with van der Waals surface area (Å²) in [6, 6.07) is 17.6. The lowest BCUT2D eigenvalue weighted by Gasteiger charge is -2.30. The van der Waals surface area contributed by atoms with Gasteiger partial charge in [0.2, 0.25) is 11.8 Å². The summed E-state index contributed by atoms with van der Waals surface area (Å²) in [6.07, 6.45) is 0.0684. The van der Waals surface area contributed by atoms with Gasteiger partial charge < -0.3 is 15.3 Å². The van der Waals surface area contributed by atoms with Crippen molar-refractivity contribution >= 4 is 23.6 Å². The molecule has 0 spiro atoms. The summed E-state index contributed by atoms with van der Waals surface area (Å²) in [5, 5.41) is 10.8. The van der Waals surface area contributed by atoms with Gasteiger partial charge in [-0.2, -0.15) is 0 Å². The summed E-state index contributed by atoms with van der Waals surface area (Å²) >= 11 is 0. The van der Waals surface area contributed by atoms with E-state index in [-0.39, 0.29) is 19.5 Å². The van der Waals surface area contributed by atoms with Crippen LogP contribution in [0.5, 0.6) is 0 Å². The van der Waals surface area contributed by atoms with Crippen molar-refractivity contribution in [3.05, 3.63) is 60.2 Å². The zero-order valence-corrected chi connectivity index (χ0v) is 15.1. The van der Waals surface area contributed by atoms with Gasteiger partial charge in [0.25, 0.3) is 0 Å². The Morgan fingerprint density at radius 3 is 2.29 bits per heavy atom. The summed E-state index contributed by atoms with van der Waals surface area (Å²) in [5.41, 5.74) is 3.02. The molecule has 1 fully saturated rings. The van der Waals surface area contributed by atoms with Crippen LogP contribution in [0.2, 0.25) is 0 Å². The number of carboxylic acid groups (broad SMARTS) is 1. The van der Waals surface area contributed by atoms with Gasteiger partial charge in [0.1, 0.15) is 6.54 Å². The molecule has 2 aromatic carbocycles. The van der Waals surface area contributed by atoms with Crippen LogP contribution in [-0.2, 0) is 25.7 Å². The number of carbonyl (C=O) groups excluding carboxylic acids is 3. The van der Waals surface area contributed by atoms with Crippen molar-refractivity contribution in [3.63, 3.8) is 0 Å². The van der Waals surface area contributed by atoms with E-state index in [1.807, 2.05) is 54.6 Å². The van der Waals surface area contributed by atoms with Crippen molar-refractivity contribution in [2.24, 2.45) is 5.92 Å². The molecule has 7 heteroatoms. The number of amides is 2. The molecule has 0 bridgehead atoms. The number of nitrogens with one attached hydrogen (secondary N) is 1. The van der Waals surface area contributed by atoms with Crippen LogP contribution in [0.1, 0.15) is 12.0 Å². The van der Waals surface area contributed by atoms with Crippen molar-refractivity contribution < 1.29 is 24.3 Å². The number of aliphatic carboxylic acids is 1. The van der Waals surface area contributed by atoms with Gasteiger partial charge in [0.15, 0.2) is 11.7 Å². The van der Waals surface area contributed by atoms with Crippen LogP contribution in [0.4, 0.5) is 0 Å². The second-order valence-electron chi connectivity index (χ2n) is 6.58. The zero-order valence-electron chi connectivity index (χ0n) is 15.1. The zero-order chi connectivity index (χ0) is 20.1. The van der Waals surface area contributed by atoms with E-state index in [0.29, 0.717) is 0 Å². The molecule has 0 radical (unpaired) electrons. The quantitative estimate of drug-likeness (QED) is 0.739. The fourth-order valence-corrected chi connectivity index (χ4v) is 3.15. The van der Waals surface area contributed by atoms with Gasteiger partial charge in [-0.1, -0.05) is 54.6 Å². The molecule has 0 aliphatic carbocycles. The lowest BCUT2D eigenvalue weighted by molar-refractivity contribution is -0.152. The average Bonchev–Trinajstić information content (AvgIpc) is 2.70. The molecule has 144 valence electrons. The molecule has 28 heavy (non-hydrogen) atoms. The minimum Gasteiger partial charge on any atom is -0.480 e. The molecule has 0 aromatic heterocycles. The van der Waals surface area contributed by atoms with E-state index >= 15 is 0 Å². The maximum atomic E-state index is 12.6. The Morgan fingerprint density at radius 2 is 1.64 bits per heavy atom. The molecule has 2 amide bonds. The van der Waals surface area contributed by atoms with E-state index in [2.05, 4.69) is 5.32 Å². The number of benzene rings is 2. The molecule has 1 atom stereocenters. The number of ketones is 1. The van der Waals surface area contributed by atoms with Crippen molar-refractivity contribution in [2.45, 2.75) is 13.0 Å². The first-order chi connectivity index (χ1) is 13.5. The molecule has 2 aromatic rings. The Morgan fingerprint density at radius 1 is 1.00 bits per heavy atom. The first kappa shape index (κ1) is 19.3. The Kier molecular flexibility index (Phi) is 5.84. The van der Waals surface area contributed by atoms with E-state index in [4.69, 9.17) is 5.11 Å². The minimum atomic E-state index is -1.48. The fraction of sp³-hybridized carbons (Fsp3) is 0.238. The van der Waals surface area contributed by atoms with Crippen molar-refractivity contribution in [3.8, 4) is 11.1 Å². The Labute approximate surface area is 162 Å². The second-order valence-corrected chi connectivity index (χ2v) is 6.58. The molecule has 1 heterocycles. The molecular formula is C21H20N2O5. The highest BCUT2D eigenvalue weighted by atomic mass is 16.4. The average molecular weight is 380 g/mol. The predicted molar refractivity (Wildman–Crippen MR) is 101 cm³/mol. The van der Waals surface area contributed by atoms with Gasteiger partial charge in [-0.25, -0.2) is 0 Å². The van der Waals surface area contributed by atoms with Crippen molar-refractivity contribution in [2.75, 3.05) is 13.1 Å². The number of carbonyl (C=O) groups is 4. The maximum absolute atomic E-state index is 12.6. The molecule has 0 saturated carbocycles. The van der Waals surface area contributed by atoms with E-state index in [0.717, 1.165) is 16.7 Å². The number of hydrogen-bond acceptors (Lipinski definition) is 4. The molecular weight excluding hydrogens is 360 g/mol. The molecule has 1 saturated heterocycles. The van der Waals surface area contributed by atoms with Gasteiger partial charge in [-0.05, 0) is 16.7 Å². The van der Waals surface area contributed by atoms with Gasteiger partial charge in [0.05, 0.1) is 0 Å². The third-order valence-corrected chi connectivity index (χ3v) is 4.62. The predicted octanol–water partition coefficient (Wildman–Crippen LogP) is 1.47. The molecule has 1 aliphatic rings. The van der Waals surface area contributed by atoms with Crippen molar-refractivity contribution in [1.29, 1.82) is 0 Å². The molecule has 7 nitrogen and oxygen atoms in total. The normalized spacial score (nSPS) is 16.7. The number of Topliss-reactive ketones (excluding diaryl/α,β-unsaturated/α-hetero) is 1. The van der Waals surface area contributed by atoms with E-state index in [1.165, 1.54) is 4.90 Å². The van der Waals surface area contributed by atoms with Gasteiger partial charge in [-0.15, -0.1) is 0 Å². The summed E-state index contributed by atoms with van der Waals surface area (Å²) in [7, 11) is 0. The lowest BCUT2D eigenvalue weighted by atomic mass is 9.94. The number of likely N-dealkylation sites (tertiary alicyclic amines) is 1. The van der Waals surface area contributed by atoms with Crippen LogP contribution in [0.25, 0.3) is 11.1 Å². The van der Waals surface area contributed by atoms with E-state index in [9.17, 15) is 19.2 Å². The van der Waals surface area contributed by atoms with E-state index < -0.39 is 36.0 Å². The second kappa shape index (κ2) is 8.47. The summed E-state index contributed by atoms with van der Waals surface area (Å²) in [6.45, 7) is -0.110. The number of nitrogens with zero attached hydrogens (tertiary/aromatic N) is 1. The van der Waals surface area contributed by atoms with Crippen LogP contribution < -0.4 is 5.32 Å². The van der Waals surface area contributed by atoms with Crippen LogP contribution >= 0.6 is 0 Å². The topological polar surface area (TPSA) is 104 Å². The summed E-state index contributed by atoms with van der Waals surface area (Å²) < 4.78 is 0.